The Morgan fingerprint density at radius 3 is 2.27 bits per heavy atom. The zero-order chi connectivity index (χ0) is 32.7. The van der Waals surface area contributed by atoms with E-state index in [0.717, 1.165) is 12.1 Å². The number of carbonyl (C=O) groups excluding carboxylic acids is 1. The number of aromatic amines is 1. The molecule has 2 aromatic carbocycles. The molecule has 0 unspecified atom stereocenters. The van der Waals surface area contributed by atoms with Gasteiger partial charge in [-0.2, -0.15) is 9.37 Å². The van der Waals surface area contributed by atoms with E-state index in [4.69, 9.17) is 16.6 Å². The monoisotopic (exact) mass is 616 g/mol. The fraction of sp³-hybridized carbons (Fsp3) is 0.240. The Morgan fingerprint density at radius 1 is 1.07 bits per heavy atom. The fourth-order valence-corrected chi connectivity index (χ4v) is 4.17. The smallest absolute Gasteiger partial charge is 0.335 e. The van der Waals surface area contributed by atoms with Crippen LogP contribution in [0, 0.1) is 26.0 Å². The maximum atomic E-state index is 14.9. The number of aliphatic carboxylic acids is 2. The van der Waals surface area contributed by atoms with E-state index < -0.39 is 62.9 Å². The zero-order valence-electron chi connectivity index (χ0n) is 22.6. The minimum Gasteiger partial charge on any atom is -0.481 e. The highest BCUT2D eigenvalue weighted by Crippen LogP contribution is 2.37. The van der Waals surface area contributed by atoms with E-state index in [-0.39, 0.29) is 54.5 Å². The number of nitrogens with one attached hydrogen (secondary N) is 2. The number of rotatable bonds is 14. The lowest BCUT2D eigenvalue weighted by molar-refractivity contribution is -0.398. The van der Waals surface area contributed by atoms with E-state index in [2.05, 4.69) is 15.3 Å². The predicted molar refractivity (Wildman–Crippen MR) is 150 cm³/mol. The third-order valence-corrected chi connectivity index (χ3v) is 6.33. The van der Waals surface area contributed by atoms with Crippen LogP contribution in [0.5, 0.6) is 0 Å². The third kappa shape index (κ3) is 7.78. The number of nitrogens with zero attached hydrogens (tertiary/aromatic N) is 4. The average Bonchev–Trinajstić information content (AvgIpc) is 2.93. The third-order valence-electron chi connectivity index (χ3n) is 6.33. The summed E-state index contributed by atoms with van der Waals surface area (Å²) in [7, 11) is 0. The molecular formula is C25H25FN8O10. The highest BCUT2D eigenvalue weighted by atomic mass is 19.1. The number of halogens is 1. The molecule has 0 aliphatic rings. The van der Waals surface area contributed by atoms with Gasteiger partial charge in [-0.3, -0.25) is 39.6 Å². The Kier molecular flexibility index (Phi) is 10.1. The van der Waals surface area contributed by atoms with Gasteiger partial charge in [0, 0.05) is 31.1 Å². The van der Waals surface area contributed by atoms with Crippen LogP contribution in [-0.4, -0.2) is 60.5 Å². The van der Waals surface area contributed by atoms with Gasteiger partial charge in [0.15, 0.2) is 0 Å². The van der Waals surface area contributed by atoms with E-state index in [1.54, 1.807) is 0 Å². The fourth-order valence-electron chi connectivity index (χ4n) is 4.17. The average molecular weight is 617 g/mol. The molecule has 3 rings (SSSR count). The second-order valence-electron chi connectivity index (χ2n) is 9.26. The standard InChI is InChI=1S/C25H25FN8O10/c26-19-16(33(41)42)6-7-17(20(19)34(43)44)32(10-9-14-21(27)30-25(28)31-23(14)38)11-12-1-3-13(4-2-12)22(37)29-15(24(39)40)5-8-18(35)36/h1-4,6-7,15H,5,8-11H2,(H,29,37)(H,35,36)(H,39,40)(H5,27,28,30,31,38)/t15-/m0/s1. The van der Waals surface area contributed by atoms with Crippen LogP contribution < -0.4 is 27.2 Å². The molecule has 1 heterocycles. The van der Waals surface area contributed by atoms with Gasteiger partial charge in [0.25, 0.3) is 17.3 Å². The van der Waals surface area contributed by atoms with Crippen LogP contribution in [0.1, 0.15) is 34.3 Å². The number of hydrogen-bond acceptors (Lipinski definition) is 12. The molecule has 0 spiro atoms. The number of nitro benzene ring substituents is 2. The number of aromatic nitrogens is 2. The first kappa shape index (κ1) is 32.4. The van der Waals surface area contributed by atoms with Crippen molar-refractivity contribution in [1.82, 2.24) is 15.3 Å². The molecule has 44 heavy (non-hydrogen) atoms. The Bertz CT molecular complexity index is 1680. The lowest BCUT2D eigenvalue weighted by Crippen LogP contribution is -2.41. The molecule has 1 atom stereocenters. The molecule has 0 fully saturated rings. The van der Waals surface area contributed by atoms with E-state index in [9.17, 15) is 48.9 Å². The van der Waals surface area contributed by atoms with Crippen molar-refractivity contribution in [2.45, 2.75) is 31.8 Å². The van der Waals surface area contributed by atoms with Gasteiger partial charge in [0.05, 0.1) is 15.4 Å². The molecule has 0 aliphatic heterocycles. The van der Waals surface area contributed by atoms with Crippen LogP contribution in [0.25, 0.3) is 0 Å². The van der Waals surface area contributed by atoms with Crippen molar-refractivity contribution in [1.29, 1.82) is 0 Å². The maximum absolute atomic E-state index is 14.9. The van der Waals surface area contributed by atoms with E-state index in [1.165, 1.54) is 29.2 Å². The Labute approximate surface area is 245 Å². The van der Waals surface area contributed by atoms with Crippen molar-refractivity contribution >= 4 is 46.7 Å². The number of nitro groups is 2. The van der Waals surface area contributed by atoms with Gasteiger partial charge in [-0.25, -0.2) is 4.79 Å². The summed E-state index contributed by atoms with van der Waals surface area (Å²) >= 11 is 0. The van der Waals surface area contributed by atoms with Crippen LogP contribution in [0.3, 0.4) is 0 Å². The molecule has 8 N–H and O–H groups in total. The van der Waals surface area contributed by atoms with Crippen LogP contribution in [-0.2, 0) is 22.6 Å². The van der Waals surface area contributed by atoms with Crippen LogP contribution in [0.15, 0.2) is 41.2 Å². The Hall–Kier alpha value is -6.14. The summed E-state index contributed by atoms with van der Waals surface area (Å²) in [4.78, 5) is 75.3. The molecule has 232 valence electrons. The number of anilines is 3. The molecule has 0 aliphatic carbocycles. The first-order valence-corrected chi connectivity index (χ1v) is 12.5. The van der Waals surface area contributed by atoms with Crippen molar-refractivity contribution in [3.8, 4) is 0 Å². The number of nitrogens with two attached hydrogens (primary N) is 2. The summed E-state index contributed by atoms with van der Waals surface area (Å²) in [5.74, 6) is -5.63. The number of hydrogen-bond donors (Lipinski definition) is 6. The van der Waals surface area contributed by atoms with Crippen molar-refractivity contribution in [3.63, 3.8) is 0 Å². The van der Waals surface area contributed by atoms with Gasteiger partial charge in [-0.05, 0) is 36.6 Å². The van der Waals surface area contributed by atoms with Crippen LogP contribution in [0.2, 0.25) is 0 Å². The SMILES string of the molecule is Nc1nc(N)c(CCN(Cc2ccc(C(=O)N[C@@H](CCC(=O)O)C(=O)O)cc2)c2ccc([N+](=O)[O-])c(F)c2[N+](=O)[O-])c(=O)[nH]1. The highest BCUT2D eigenvalue weighted by molar-refractivity contribution is 5.96. The molecular weight excluding hydrogens is 591 g/mol. The molecule has 0 radical (unpaired) electrons. The summed E-state index contributed by atoms with van der Waals surface area (Å²) in [6.45, 7) is -0.403. The number of benzene rings is 2. The van der Waals surface area contributed by atoms with Gasteiger partial charge in [0.1, 0.15) is 17.5 Å². The number of carboxylic acid groups (broad SMARTS) is 2. The lowest BCUT2D eigenvalue weighted by atomic mass is 10.1. The highest BCUT2D eigenvalue weighted by Gasteiger charge is 2.32. The lowest BCUT2D eigenvalue weighted by Gasteiger charge is -2.25. The minimum absolute atomic E-state index is 0.00138. The number of amides is 1. The Balaban J connectivity index is 1.95. The molecule has 1 amide bonds. The van der Waals surface area contributed by atoms with Crippen molar-refractivity contribution < 1.29 is 38.8 Å². The van der Waals surface area contributed by atoms with E-state index in [1.807, 2.05) is 0 Å². The molecule has 19 heteroatoms. The molecule has 0 saturated carbocycles. The van der Waals surface area contributed by atoms with E-state index >= 15 is 0 Å². The molecule has 0 bridgehead atoms. The van der Waals surface area contributed by atoms with E-state index in [0.29, 0.717) is 5.56 Å². The molecule has 18 nitrogen and oxygen atoms in total. The molecule has 3 aromatic rings. The van der Waals surface area contributed by atoms with Crippen LogP contribution >= 0.6 is 0 Å². The minimum atomic E-state index is -1.68. The van der Waals surface area contributed by atoms with Gasteiger partial charge in [-0.15, -0.1) is 0 Å². The maximum Gasteiger partial charge on any atom is 0.335 e. The first-order chi connectivity index (χ1) is 20.7. The van der Waals surface area contributed by atoms with Crippen molar-refractivity contribution in [2.75, 3.05) is 22.9 Å². The Morgan fingerprint density at radius 2 is 1.73 bits per heavy atom. The molecule has 1 aromatic heterocycles. The first-order valence-electron chi connectivity index (χ1n) is 12.5. The van der Waals surface area contributed by atoms with Gasteiger partial charge in [0.2, 0.25) is 5.95 Å². The van der Waals surface area contributed by atoms with Crippen molar-refractivity contribution in [2.24, 2.45) is 0 Å². The van der Waals surface area contributed by atoms with Gasteiger partial charge >= 0.3 is 23.3 Å². The topological polar surface area (TPSA) is 291 Å². The van der Waals surface area contributed by atoms with Gasteiger partial charge in [-0.1, -0.05) is 12.1 Å². The number of carboxylic acids is 2. The normalized spacial score (nSPS) is 11.4. The summed E-state index contributed by atoms with van der Waals surface area (Å²) in [6.07, 6.45) is -1.02. The van der Waals surface area contributed by atoms with Crippen molar-refractivity contribution in [3.05, 3.63) is 89.5 Å². The summed E-state index contributed by atoms with van der Waals surface area (Å²) in [6, 6.07) is 5.70. The largest absolute Gasteiger partial charge is 0.481 e. The second-order valence-corrected chi connectivity index (χ2v) is 9.26. The second kappa shape index (κ2) is 13.7. The number of carbonyl (C=O) groups is 3. The summed E-state index contributed by atoms with van der Waals surface area (Å²) in [5.41, 5.74) is 8.30. The summed E-state index contributed by atoms with van der Waals surface area (Å²) < 4.78 is 14.9. The van der Waals surface area contributed by atoms with Crippen LogP contribution in [0.4, 0.5) is 33.2 Å². The quantitative estimate of drug-likeness (QED) is 0.110. The molecule has 0 saturated heterocycles. The van der Waals surface area contributed by atoms with Gasteiger partial charge < -0.3 is 31.9 Å². The number of H-pyrrole nitrogens is 1. The summed E-state index contributed by atoms with van der Waals surface area (Å²) in [5, 5.41) is 43.3. The zero-order valence-corrected chi connectivity index (χ0v) is 22.6. The predicted octanol–water partition coefficient (Wildman–Crippen LogP) is 1.19. The number of nitrogen functional groups attached to an aromatic ring is 2.